The number of rotatable bonds is 2. The molecule has 3 heterocycles. The standard InChI is InChI=1S/C13H9N3O2/c17-12-6-5-10-3-1-8-15-13(10)16(12)18-11-4-2-7-14-9-11/h1-9H. The van der Waals surface area contributed by atoms with Crippen LogP contribution >= 0.6 is 0 Å². The Kier molecular flexibility index (Phi) is 2.49. The van der Waals surface area contributed by atoms with Crippen molar-refractivity contribution in [3.8, 4) is 5.75 Å². The van der Waals surface area contributed by atoms with Crippen LogP contribution in [0.15, 0.2) is 59.8 Å². The Balaban J connectivity index is 2.16. The third kappa shape index (κ3) is 1.82. The lowest BCUT2D eigenvalue weighted by Gasteiger charge is -2.09. The van der Waals surface area contributed by atoms with Crippen molar-refractivity contribution in [2.45, 2.75) is 0 Å². The SMILES string of the molecule is O=c1ccc2cccnc2n1Oc1cccnc1. The molecule has 0 aliphatic carbocycles. The number of nitrogens with zero attached hydrogens (tertiary/aromatic N) is 3. The molecule has 5 nitrogen and oxygen atoms in total. The highest BCUT2D eigenvalue weighted by molar-refractivity contribution is 5.74. The smallest absolute Gasteiger partial charge is 0.285 e. The zero-order chi connectivity index (χ0) is 12.4. The van der Waals surface area contributed by atoms with E-state index in [0.29, 0.717) is 11.4 Å². The van der Waals surface area contributed by atoms with Crippen LogP contribution in [0.25, 0.3) is 11.0 Å². The molecule has 3 aromatic rings. The number of pyridine rings is 3. The summed E-state index contributed by atoms with van der Waals surface area (Å²) in [5.41, 5.74) is 0.207. The molecular weight excluding hydrogens is 230 g/mol. The molecule has 18 heavy (non-hydrogen) atoms. The normalized spacial score (nSPS) is 10.4. The number of hydrogen-bond acceptors (Lipinski definition) is 4. The highest BCUT2D eigenvalue weighted by atomic mass is 16.7. The van der Waals surface area contributed by atoms with Gasteiger partial charge >= 0.3 is 0 Å². The molecule has 0 radical (unpaired) electrons. The average molecular weight is 239 g/mol. The molecule has 0 atom stereocenters. The number of fused-ring (bicyclic) bond motifs is 1. The second-order valence-corrected chi connectivity index (χ2v) is 3.66. The summed E-state index contributed by atoms with van der Waals surface area (Å²) in [5.74, 6) is 0.484. The molecule has 0 spiro atoms. The summed E-state index contributed by atoms with van der Waals surface area (Å²) in [6, 6.07) is 10.3. The van der Waals surface area contributed by atoms with Gasteiger partial charge in [0.05, 0.1) is 6.20 Å². The molecular formula is C13H9N3O2. The van der Waals surface area contributed by atoms with Crippen molar-refractivity contribution in [3.05, 3.63) is 65.3 Å². The lowest BCUT2D eigenvalue weighted by atomic mass is 10.3. The van der Waals surface area contributed by atoms with Crippen LogP contribution in [0, 0.1) is 0 Å². The third-order valence-electron chi connectivity index (χ3n) is 2.45. The van der Waals surface area contributed by atoms with Gasteiger partial charge in [-0.15, -0.1) is 4.73 Å². The van der Waals surface area contributed by atoms with Crippen LogP contribution in [0.2, 0.25) is 0 Å². The predicted molar refractivity (Wildman–Crippen MR) is 66.3 cm³/mol. The fourth-order valence-electron chi connectivity index (χ4n) is 1.64. The Morgan fingerprint density at radius 3 is 2.78 bits per heavy atom. The van der Waals surface area contributed by atoms with E-state index in [4.69, 9.17) is 4.84 Å². The Labute approximate surface area is 102 Å². The van der Waals surface area contributed by atoms with Crippen LogP contribution < -0.4 is 10.4 Å². The summed E-state index contributed by atoms with van der Waals surface area (Å²) < 4.78 is 1.16. The highest BCUT2D eigenvalue weighted by Gasteiger charge is 2.05. The largest absolute Gasteiger partial charge is 0.368 e. The van der Waals surface area contributed by atoms with Crippen LogP contribution in [0.1, 0.15) is 0 Å². The maximum atomic E-state index is 11.8. The van der Waals surface area contributed by atoms with Gasteiger partial charge in [-0.25, -0.2) is 4.98 Å². The summed E-state index contributed by atoms with van der Waals surface area (Å²) in [5, 5.41) is 0.834. The van der Waals surface area contributed by atoms with Gasteiger partial charge < -0.3 is 4.84 Å². The van der Waals surface area contributed by atoms with Gasteiger partial charge in [0.15, 0.2) is 11.4 Å². The minimum Gasteiger partial charge on any atom is -0.368 e. The molecule has 0 amide bonds. The zero-order valence-electron chi connectivity index (χ0n) is 9.35. The minimum absolute atomic E-state index is 0.273. The van der Waals surface area contributed by atoms with Gasteiger partial charge in [0.25, 0.3) is 5.56 Å². The van der Waals surface area contributed by atoms with Crippen molar-refractivity contribution in [2.75, 3.05) is 0 Å². The topological polar surface area (TPSA) is 57.0 Å². The van der Waals surface area contributed by atoms with Gasteiger partial charge in [-0.1, -0.05) is 0 Å². The van der Waals surface area contributed by atoms with Gasteiger partial charge in [-0.05, 0) is 30.3 Å². The summed E-state index contributed by atoms with van der Waals surface area (Å²) in [7, 11) is 0. The third-order valence-corrected chi connectivity index (χ3v) is 2.45. The summed E-state index contributed by atoms with van der Waals surface area (Å²) in [4.78, 5) is 25.4. The van der Waals surface area contributed by atoms with E-state index in [1.165, 1.54) is 12.3 Å². The van der Waals surface area contributed by atoms with E-state index in [1.807, 2.05) is 6.07 Å². The lowest BCUT2D eigenvalue weighted by Crippen LogP contribution is -2.24. The fourth-order valence-corrected chi connectivity index (χ4v) is 1.64. The van der Waals surface area contributed by atoms with Crippen molar-refractivity contribution in [1.29, 1.82) is 0 Å². The van der Waals surface area contributed by atoms with Gasteiger partial charge in [-0.3, -0.25) is 9.78 Å². The molecule has 3 aromatic heterocycles. The minimum atomic E-state index is -0.273. The van der Waals surface area contributed by atoms with E-state index in [-0.39, 0.29) is 5.56 Å². The maximum absolute atomic E-state index is 11.8. The first-order chi connectivity index (χ1) is 8.84. The van der Waals surface area contributed by atoms with E-state index >= 15 is 0 Å². The van der Waals surface area contributed by atoms with E-state index < -0.39 is 0 Å². The Hall–Kier alpha value is -2.69. The molecule has 0 saturated carbocycles. The van der Waals surface area contributed by atoms with Crippen LogP contribution in [0.3, 0.4) is 0 Å². The second-order valence-electron chi connectivity index (χ2n) is 3.66. The van der Waals surface area contributed by atoms with Crippen molar-refractivity contribution < 1.29 is 4.84 Å². The molecule has 0 fully saturated rings. The van der Waals surface area contributed by atoms with Crippen molar-refractivity contribution in [1.82, 2.24) is 14.7 Å². The molecule has 0 unspecified atom stereocenters. The van der Waals surface area contributed by atoms with E-state index in [2.05, 4.69) is 9.97 Å². The summed E-state index contributed by atoms with van der Waals surface area (Å²) >= 11 is 0. The lowest BCUT2D eigenvalue weighted by molar-refractivity contribution is 0.215. The van der Waals surface area contributed by atoms with E-state index in [1.54, 1.807) is 36.7 Å². The fraction of sp³-hybridized carbons (Fsp3) is 0. The van der Waals surface area contributed by atoms with Gasteiger partial charge in [0, 0.05) is 23.8 Å². The molecule has 5 heteroatoms. The molecule has 3 rings (SSSR count). The number of aromatic nitrogens is 3. The first kappa shape index (κ1) is 10.5. The quantitative estimate of drug-likeness (QED) is 0.682. The average Bonchev–Trinajstić information content (AvgIpc) is 2.43. The second kappa shape index (κ2) is 4.29. The molecule has 0 saturated heterocycles. The first-order valence-electron chi connectivity index (χ1n) is 5.40. The molecule has 0 bridgehead atoms. The number of hydrogen-bond donors (Lipinski definition) is 0. The highest BCUT2D eigenvalue weighted by Crippen LogP contribution is 2.11. The molecule has 0 aliphatic heterocycles. The van der Waals surface area contributed by atoms with Crippen molar-refractivity contribution in [3.63, 3.8) is 0 Å². The Morgan fingerprint density at radius 2 is 1.94 bits per heavy atom. The van der Waals surface area contributed by atoms with Crippen LogP contribution in [0.5, 0.6) is 5.75 Å². The van der Waals surface area contributed by atoms with Crippen molar-refractivity contribution in [2.24, 2.45) is 0 Å². The van der Waals surface area contributed by atoms with Gasteiger partial charge in [0.2, 0.25) is 0 Å². The maximum Gasteiger partial charge on any atom is 0.285 e. The molecule has 0 aliphatic rings. The zero-order valence-corrected chi connectivity index (χ0v) is 9.35. The molecule has 88 valence electrons. The van der Waals surface area contributed by atoms with Gasteiger partial charge in [0.1, 0.15) is 0 Å². The van der Waals surface area contributed by atoms with E-state index in [9.17, 15) is 4.79 Å². The van der Waals surface area contributed by atoms with Crippen molar-refractivity contribution >= 4 is 11.0 Å². The molecule has 0 aromatic carbocycles. The Morgan fingerprint density at radius 1 is 1.06 bits per heavy atom. The first-order valence-corrected chi connectivity index (χ1v) is 5.40. The van der Waals surface area contributed by atoms with Crippen LogP contribution in [-0.4, -0.2) is 14.7 Å². The summed E-state index contributed by atoms with van der Waals surface area (Å²) in [6.45, 7) is 0. The summed E-state index contributed by atoms with van der Waals surface area (Å²) in [6.07, 6.45) is 4.79. The predicted octanol–water partition coefficient (Wildman–Crippen LogP) is 1.63. The Bertz CT molecular complexity index is 738. The van der Waals surface area contributed by atoms with Crippen LogP contribution in [0.4, 0.5) is 0 Å². The monoisotopic (exact) mass is 239 g/mol. The van der Waals surface area contributed by atoms with Crippen LogP contribution in [-0.2, 0) is 0 Å². The van der Waals surface area contributed by atoms with Gasteiger partial charge in [-0.2, -0.15) is 0 Å². The molecule has 0 N–H and O–H groups in total. The van der Waals surface area contributed by atoms with E-state index in [0.717, 1.165) is 10.1 Å².